The smallest absolute Gasteiger partial charge is 0.261 e. The number of nitrogens with one attached hydrogen (secondary N) is 1. The summed E-state index contributed by atoms with van der Waals surface area (Å²) in [6, 6.07) is 7.59. The van der Waals surface area contributed by atoms with Crippen molar-refractivity contribution >= 4 is 17.5 Å². The summed E-state index contributed by atoms with van der Waals surface area (Å²) < 4.78 is 5.59. The fraction of sp³-hybridized carbons (Fsp3) is 0.400. The largest absolute Gasteiger partial charge is 0.484 e. The van der Waals surface area contributed by atoms with Crippen LogP contribution in [0.5, 0.6) is 5.75 Å². The lowest BCUT2D eigenvalue weighted by atomic mass is 10.1. The van der Waals surface area contributed by atoms with Crippen LogP contribution in [-0.4, -0.2) is 45.9 Å². The third-order valence-electron chi connectivity index (χ3n) is 3.93. The second kappa shape index (κ2) is 10.3. The quantitative estimate of drug-likeness (QED) is 0.734. The van der Waals surface area contributed by atoms with Gasteiger partial charge in [-0.05, 0) is 38.0 Å². The minimum Gasteiger partial charge on any atom is -0.484 e. The van der Waals surface area contributed by atoms with Gasteiger partial charge in [0.1, 0.15) is 18.6 Å². The number of rotatable bonds is 9. The van der Waals surface area contributed by atoms with Gasteiger partial charge in [0.2, 0.25) is 5.91 Å². The minimum absolute atomic E-state index is 0.0653. The molecule has 0 saturated carbocycles. The molecule has 0 fully saturated rings. The van der Waals surface area contributed by atoms with E-state index in [4.69, 9.17) is 4.74 Å². The molecule has 2 amide bonds. The van der Waals surface area contributed by atoms with Crippen LogP contribution in [0.1, 0.15) is 32.8 Å². The second-order valence-electron chi connectivity index (χ2n) is 6.47. The van der Waals surface area contributed by atoms with Crippen molar-refractivity contribution in [3.63, 3.8) is 0 Å². The highest BCUT2D eigenvalue weighted by Crippen LogP contribution is 2.14. The summed E-state index contributed by atoms with van der Waals surface area (Å²) in [5, 5.41) is 2.68. The monoisotopic (exact) mass is 370 g/mol. The molecule has 0 aliphatic carbocycles. The molecule has 0 bridgehead atoms. The fourth-order valence-electron chi connectivity index (χ4n) is 2.55. The summed E-state index contributed by atoms with van der Waals surface area (Å²) in [6.45, 7) is 5.66. The Balaban J connectivity index is 1.89. The molecule has 0 atom stereocenters. The Morgan fingerprint density at radius 1 is 1.15 bits per heavy atom. The van der Waals surface area contributed by atoms with E-state index in [0.29, 0.717) is 11.4 Å². The van der Waals surface area contributed by atoms with Crippen LogP contribution in [0.15, 0.2) is 43.0 Å². The molecule has 0 unspecified atom stereocenters. The highest BCUT2D eigenvalue weighted by atomic mass is 16.5. The zero-order valence-electron chi connectivity index (χ0n) is 16.0. The van der Waals surface area contributed by atoms with Crippen molar-refractivity contribution in [1.29, 1.82) is 0 Å². The number of amides is 2. The predicted octanol–water partition coefficient (Wildman–Crippen LogP) is 2.68. The fourth-order valence-corrected chi connectivity index (χ4v) is 2.55. The van der Waals surface area contributed by atoms with Gasteiger partial charge in [-0.3, -0.25) is 9.59 Å². The van der Waals surface area contributed by atoms with Crippen molar-refractivity contribution < 1.29 is 14.3 Å². The Kier molecular flexibility index (Phi) is 7.73. The number of aryl methyl sites for hydroxylation is 1. The van der Waals surface area contributed by atoms with E-state index in [1.54, 1.807) is 0 Å². The van der Waals surface area contributed by atoms with Crippen LogP contribution in [0.2, 0.25) is 0 Å². The molecule has 27 heavy (non-hydrogen) atoms. The lowest BCUT2D eigenvalue weighted by Gasteiger charge is -2.26. The van der Waals surface area contributed by atoms with E-state index in [2.05, 4.69) is 22.2 Å². The number of aromatic nitrogens is 2. The molecule has 1 aromatic carbocycles. The maximum Gasteiger partial charge on any atom is 0.261 e. The third-order valence-corrected chi connectivity index (χ3v) is 3.93. The molecule has 1 aromatic heterocycles. The first-order valence-corrected chi connectivity index (χ1v) is 9.05. The van der Waals surface area contributed by atoms with E-state index in [-0.39, 0.29) is 31.0 Å². The Morgan fingerprint density at radius 3 is 2.41 bits per heavy atom. The van der Waals surface area contributed by atoms with Crippen LogP contribution in [0.4, 0.5) is 5.69 Å². The van der Waals surface area contributed by atoms with Crippen LogP contribution < -0.4 is 10.1 Å². The van der Waals surface area contributed by atoms with Crippen LogP contribution in [0, 0.1) is 0 Å². The van der Waals surface area contributed by atoms with Gasteiger partial charge in [0.25, 0.3) is 5.91 Å². The van der Waals surface area contributed by atoms with Crippen LogP contribution in [0.3, 0.4) is 0 Å². The molecule has 0 saturated heterocycles. The first kappa shape index (κ1) is 20.4. The van der Waals surface area contributed by atoms with Crippen molar-refractivity contribution in [3.05, 3.63) is 48.5 Å². The SMILES string of the molecule is CCCc1ccc(OCC(=O)N(CC(=O)Nc2cncnc2)C(C)C)cc1. The molecule has 1 heterocycles. The average Bonchev–Trinajstić information content (AvgIpc) is 2.66. The summed E-state index contributed by atoms with van der Waals surface area (Å²) in [5.74, 6) is 0.0793. The topological polar surface area (TPSA) is 84.4 Å². The molecule has 2 aromatic rings. The molecule has 1 N–H and O–H groups in total. The van der Waals surface area contributed by atoms with Crippen molar-refractivity contribution in [2.45, 2.75) is 39.7 Å². The molecule has 2 rings (SSSR count). The summed E-state index contributed by atoms with van der Waals surface area (Å²) in [4.78, 5) is 33.9. The van der Waals surface area contributed by atoms with E-state index in [9.17, 15) is 9.59 Å². The number of carbonyl (C=O) groups excluding carboxylic acids is 2. The molecule has 0 spiro atoms. The molecule has 7 nitrogen and oxygen atoms in total. The van der Waals surface area contributed by atoms with Crippen molar-refractivity contribution in [2.24, 2.45) is 0 Å². The van der Waals surface area contributed by atoms with Gasteiger partial charge in [-0.25, -0.2) is 9.97 Å². The zero-order chi connectivity index (χ0) is 19.6. The maximum atomic E-state index is 12.5. The van der Waals surface area contributed by atoms with Gasteiger partial charge in [0.05, 0.1) is 18.1 Å². The first-order chi connectivity index (χ1) is 13.0. The number of ether oxygens (including phenoxy) is 1. The molecule has 0 aliphatic heterocycles. The number of carbonyl (C=O) groups is 2. The number of hydrogen-bond acceptors (Lipinski definition) is 5. The summed E-state index contributed by atoms with van der Waals surface area (Å²) >= 11 is 0. The first-order valence-electron chi connectivity index (χ1n) is 9.05. The van der Waals surface area contributed by atoms with Gasteiger partial charge < -0.3 is 15.0 Å². The van der Waals surface area contributed by atoms with Gasteiger partial charge in [0, 0.05) is 6.04 Å². The van der Waals surface area contributed by atoms with Crippen LogP contribution in [-0.2, 0) is 16.0 Å². The van der Waals surface area contributed by atoms with E-state index in [1.165, 1.54) is 29.2 Å². The number of anilines is 1. The zero-order valence-corrected chi connectivity index (χ0v) is 16.0. The van der Waals surface area contributed by atoms with Crippen LogP contribution >= 0.6 is 0 Å². The standard InChI is InChI=1S/C20H26N4O3/c1-4-5-16-6-8-18(9-7-16)27-13-20(26)24(15(2)3)12-19(25)23-17-10-21-14-22-11-17/h6-11,14-15H,4-5,12-13H2,1-3H3,(H,23,25). The Bertz CT molecular complexity index is 733. The van der Waals surface area contributed by atoms with Crippen molar-refractivity contribution in [1.82, 2.24) is 14.9 Å². The highest BCUT2D eigenvalue weighted by Gasteiger charge is 2.20. The summed E-state index contributed by atoms with van der Waals surface area (Å²) in [6.07, 6.45) is 6.47. The van der Waals surface area contributed by atoms with Gasteiger partial charge in [-0.15, -0.1) is 0 Å². The van der Waals surface area contributed by atoms with E-state index in [1.807, 2.05) is 38.1 Å². The molecule has 0 radical (unpaired) electrons. The number of hydrogen-bond donors (Lipinski definition) is 1. The van der Waals surface area contributed by atoms with E-state index in [0.717, 1.165) is 12.8 Å². The van der Waals surface area contributed by atoms with E-state index < -0.39 is 0 Å². The average molecular weight is 370 g/mol. The maximum absolute atomic E-state index is 12.5. The van der Waals surface area contributed by atoms with Gasteiger partial charge in [-0.1, -0.05) is 25.5 Å². The molecular weight excluding hydrogens is 344 g/mol. The second-order valence-corrected chi connectivity index (χ2v) is 6.47. The normalized spacial score (nSPS) is 10.5. The molecule has 0 aliphatic rings. The Morgan fingerprint density at radius 2 is 1.81 bits per heavy atom. The summed E-state index contributed by atoms with van der Waals surface area (Å²) in [7, 11) is 0. The molecular formula is C20H26N4O3. The molecule has 7 heteroatoms. The third kappa shape index (κ3) is 6.69. The Hall–Kier alpha value is -2.96. The highest BCUT2D eigenvalue weighted by molar-refractivity contribution is 5.94. The lowest BCUT2D eigenvalue weighted by Crippen LogP contribution is -2.44. The molecule has 144 valence electrons. The minimum atomic E-state index is -0.309. The van der Waals surface area contributed by atoms with Gasteiger partial charge in [-0.2, -0.15) is 0 Å². The van der Waals surface area contributed by atoms with Gasteiger partial charge in [0.15, 0.2) is 6.61 Å². The van der Waals surface area contributed by atoms with Crippen LogP contribution in [0.25, 0.3) is 0 Å². The van der Waals surface area contributed by atoms with Crippen molar-refractivity contribution in [3.8, 4) is 5.75 Å². The Labute approximate surface area is 159 Å². The number of nitrogens with zero attached hydrogens (tertiary/aromatic N) is 3. The lowest BCUT2D eigenvalue weighted by molar-refractivity contribution is -0.138. The van der Waals surface area contributed by atoms with Crippen molar-refractivity contribution in [2.75, 3.05) is 18.5 Å². The summed E-state index contributed by atoms with van der Waals surface area (Å²) in [5.41, 5.74) is 1.73. The number of benzene rings is 1. The van der Waals surface area contributed by atoms with Gasteiger partial charge >= 0.3 is 0 Å². The van der Waals surface area contributed by atoms with E-state index >= 15 is 0 Å². The predicted molar refractivity (Wildman–Crippen MR) is 103 cm³/mol.